The van der Waals surface area contributed by atoms with E-state index < -0.39 is 69.4 Å². The van der Waals surface area contributed by atoms with Crippen molar-refractivity contribution in [3.8, 4) is 17.2 Å². The van der Waals surface area contributed by atoms with Gasteiger partial charge in [-0.05, 0) is 61.4 Å². The highest BCUT2D eigenvalue weighted by Gasteiger charge is 2.07. The third-order valence-corrected chi connectivity index (χ3v) is 3.14. The fraction of sp³-hybridized carbons (Fsp3) is 0.429. The molecule has 0 fully saturated rings. The minimum Gasteiger partial charge on any atom is -0.493 e. The lowest BCUT2D eigenvalue weighted by Gasteiger charge is -2.13. The van der Waals surface area contributed by atoms with Gasteiger partial charge in [-0.1, -0.05) is 24.6 Å². The molecule has 0 aliphatic carbocycles. The molecule has 0 radical (unpaired) electrons. The number of ether oxygens (including phenoxy) is 3. The van der Waals surface area contributed by atoms with Crippen molar-refractivity contribution < 1.29 is 37.1 Å². The molecule has 1 N–H and O–H groups in total. The van der Waals surface area contributed by atoms with Crippen LogP contribution in [0.25, 0.3) is 0 Å². The fourth-order valence-electron chi connectivity index (χ4n) is 1.95. The van der Waals surface area contributed by atoms with E-state index in [4.69, 9.17) is 32.0 Å². The normalized spacial score (nSPS) is 23.5. The van der Waals surface area contributed by atoms with Gasteiger partial charge in [0.2, 0.25) is 0 Å². The Bertz CT molecular complexity index is 1110. The summed E-state index contributed by atoms with van der Waals surface area (Å²) in [5, 5.41) is 10.5. The lowest BCUT2D eigenvalue weighted by molar-refractivity contribution is 0.0976. The van der Waals surface area contributed by atoms with Crippen LogP contribution in [0.4, 0.5) is 0 Å². The summed E-state index contributed by atoms with van der Waals surface area (Å²) < 4.78 is 116. The van der Waals surface area contributed by atoms with Crippen LogP contribution in [0.15, 0.2) is 42.5 Å². The van der Waals surface area contributed by atoms with Gasteiger partial charge in [0.1, 0.15) is 12.4 Å². The Balaban J connectivity index is 2.35. The van der Waals surface area contributed by atoms with Crippen LogP contribution in [0.2, 0.25) is 0 Å². The van der Waals surface area contributed by atoms with Crippen molar-refractivity contribution in [2.75, 3.05) is 20.7 Å². The van der Waals surface area contributed by atoms with Gasteiger partial charge in [0.25, 0.3) is 0 Å². The van der Waals surface area contributed by atoms with Gasteiger partial charge < -0.3 is 19.3 Å². The van der Waals surface area contributed by atoms with Gasteiger partial charge in [0.15, 0.2) is 11.5 Å². The molecule has 0 bridgehead atoms. The third-order valence-electron chi connectivity index (χ3n) is 3.14. The van der Waals surface area contributed by atoms with E-state index in [9.17, 15) is 5.11 Å². The maximum absolute atomic E-state index is 10.5. The summed E-state index contributed by atoms with van der Waals surface area (Å²) in [5.74, 6) is -1.03. The first-order valence-electron chi connectivity index (χ1n) is 13.9. The molecule has 2 rings (SSSR count). The summed E-state index contributed by atoms with van der Waals surface area (Å²) >= 11 is 0. The molecule has 1 atom stereocenters. The van der Waals surface area contributed by atoms with Gasteiger partial charge in [-0.3, -0.25) is 0 Å². The fourth-order valence-corrected chi connectivity index (χ4v) is 1.95. The number of aliphatic hydroxyl groups is 1. The molecule has 0 amide bonds. The molecule has 4 nitrogen and oxygen atoms in total. The topological polar surface area (TPSA) is 47.9 Å². The highest BCUT2D eigenvalue weighted by Crippen LogP contribution is 2.28. The van der Waals surface area contributed by atoms with Crippen molar-refractivity contribution in [3.05, 3.63) is 53.6 Å². The van der Waals surface area contributed by atoms with Crippen molar-refractivity contribution in [3.63, 3.8) is 0 Å². The average molecular weight is 358 g/mol. The van der Waals surface area contributed by atoms with Gasteiger partial charge in [-0.15, -0.1) is 0 Å². The minimum atomic E-state index is -3.09. The molecule has 0 aliphatic rings. The molecule has 0 heterocycles. The van der Waals surface area contributed by atoms with Crippen LogP contribution >= 0.6 is 0 Å². The van der Waals surface area contributed by atoms with E-state index in [0.29, 0.717) is 0 Å². The van der Waals surface area contributed by atoms with Gasteiger partial charge in [-0.2, -0.15) is 0 Å². The van der Waals surface area contributed by atoms with Crippen LogP contribution in [0, 0.1) is 6.92 Å². The predicted octanol–water partition coefficient (Wildman–Crippen LogP) is 4.16. The maximum Gasteiger partial charge on any atom is 0.160 e. The smallest absolute Gasteiger partial charge is 0.160 e. The Morgan fingerprint density at radius 3 is 2.80 bits per heavy atom. The lowest BCUT2D eigenvalue weighted by Crippen LogP contribution is -2.17. The molecule has 136 valence electrons. The largest absolute Gasteiger partial charge is 0.493 e. The molecule has 0 aromatic heterocycles. The molecule has 0 spiro atoms. The molecule has 4 heteroatoms. The molecule has 25 heavy (non-hydrogen) atoms. The summed E-state index contributed by atoms with van der Waals surface area (Å²) in [6, 6.07) is 9.10. The Hall–Kier alpha value is -2.20. The number of benzene rings is 2. The zero-order valence-corrected chi connectivity index (χ0v) is 13.6. The van der Waals surface area contributed by atoms with Crippen LogP contribution in [0.1, 0.15) is 48.1 Å². The van der Waals surface area contributed by atoms with E-state index in [-0.39, 0.29) is 5.75 Å². The molecule has 0 saturated carbocycles. The highest BCUT2D eigenvalue weighted by atomic mass is 16.5. The Morgan fingerprint density at radius 1 is 1.16 bits per heavy atom. The standard InChI is InChI=1S/C21H28O4/c1-16-7-6-10-19(13-16)25-15-18(22)9-5-4-8-17-11-12-20(23-2)21(14-17)24-3/h6-7,10-14,18,22H,4-5,8-9,15H2,1-3H3/i2D3,3D3,4D2,8D2,9D2,18D. The van der Waals surface area contributed by atoms with E-state index in [1.54, 1.807) is 25.1 Å². The Labute approximate surface area is 168 Å². The van der Waals surface area contributed by atoms with Crippen molar-refractivity contribution >= 4 is 0 Å². The van der Waals surface area contributed by atoms with Crippen molar-refractivity contribution in [1.82, 2.24) is 0 Å². The number of rotatable bonds is 10. The summed E-state index contributed by atoms with van der Waals surface area (Å²) in [6.45, 7) is 0.881. The Morgan fingerprint density at radius 2 is 2.00 bits per heavy atom. The monoisotopic (exact) mass is 357 g/mol. The average Bonchev–Trinajstić information content (AvgIpc) is 2.70. The van der Waals surface area contributed by atoms with Gasteiger partial charge >= 0.3 is 0 Å². The van der Waals surface area contributed by atoms with E-state index in [0.717, 1.165) is 23.8 Å². The second-order valence-electron chi connectivity index (χ2n) is 5.07. The summed E-state index contributed by atoms with van der Waals surface area (Å²) in [4.78, 5) is 0. The molecule has 1 unspecified atom stereocenters. The lowest BCUT2D eigenvalue weighted by atomic mass is 10.0. The zero-order valence-electron chi connectivity index (χ0n) is 26.6. The third kappa shape index (κ3) is 6.31. The van der Waals surface area contributed by atoms with Crippen LogP contribution < -0.4 is 14.2 Å². The molecule has 2 aromatic rings. The first kappa shape index (κ1) is 8.00. The van der Waals surface area contributed by atoms with Crippen LogP contribution in [-0.2, 0) is 6.37 Å². The quantitative estimate of drug-likeness (QED) is 0.693. The molecule has 2 aromatic carbocycles. The number of aryl methyl sites for hydroxylation is 2. The summed E-state index contributed by atoms with van der Waals surface area (Å²) in [7, 11) is -6.09. The number of hydrogen-bond donors (Lipinski definition) is 1. The number of hydrogen-bond acceptors (Lipinski definition) is 4. The molecular weight excluding hydrogens is 316 g/mol. The maximum atomic E-state index is 10.5. The second kappa shape index (κ2) is 9.94. The van der Waals surface area contributed by atoms with Crippen molar-refractivity contribution in [1.29, 1.82) is 0 Å². The van der Waals surface area contributed by atoms with Gasteiger partial charge in [0, 0.05) is 8.22 Å². The van der Waals surface area contributed by atoms with E-state index in [2.05, 4.69) is 0 Å². The highest BCUT2D eigenvalue weighted by molar-refractivity contribution is 5.42. The van der Waals surface area contributed by atoms with Gasteiger partial charge in [-0.25, -0.2) is 0 Å². The van der Waals surface area contributed by atoms with E-state index in [1.165, 1.54) is 6.07 Å². The van der Waals surface area contributed by atoms with E-state index in [1.807, 2.05) is 0 Å². The first-order chi connectivity index (χ1) is 17.0. The summed E-state index contributed by atoms with van der Waals surface area (Å²) in [5.41, 5.74) is 0.278. The minimum absolute atomic E-state index is 0.242. The SMILES string of the molecule is [2H]C([2H])([2H])Oc1ccc(C([2H])([2H])C([2H])([2H])CC([2H])([2H])C([2H])(O)COc2cccc(C)c2)cc1OC([2H])([2H])[2H]. The Kier molecular flexibility index (Phi) is 3.18. The van der Waals surface area contributed by atoms with Crippen molar-refractivity contribution in [2.24, 2.45) is 0 Å². The van der Waals surface area contributed by atoms with Crippen molar-refractivity contribution in [2.45, 2.75) is 38.5 Å². The zero-order chi connectivity index (χ0) is 29.4. The molecular formula is C21H28O4. The predicted molar refractivity (Wildman–Crippen MR) is 99.8 cm³/mol. The molecule has 0 saturated heterocycles. The van der Waals surface area contributed by atoms with Gasteiger partial charge in [0.05, 0.1) is 29.8 Å². The second-order valence-corrected chi connectivity index (χ2v) is 5.07. The van der Waals surface area contributed by atoms with Crippen LogP contribution in [0.3, 0.4) is 0 Å². The molecule has 0 aliphatic heterocycles. The number of methoxy groups -OCH3 is 2. The summed E-state index contributed by atoms with van der Waals surface area (Å²) in [6.07, 6.45) is -13.5. The first-order valence-corrected chi connectivity index (χ1v) is 7.40. The van der Waals surface area contributed by atoms with E-state index >= 15 is 0 Å². The van der Waals surface area contributed by atoms with Crippen LogP contribution in [0.5, 0.6) is 17.2 Å². The van der Waals surface area contributed by atoms with Crippen LogP contribution in [-0.4, -0.2) is 31.9 Å².